The lowest BCUT2D eigenvalue weighted by atomic mass is 10.2. The van der Waals surface area contributed by atoms with Crippen LogP contribution in [0.15, 0.2) is 54.6 Å². The predicted octanol–water partition coefficient (Wildman–Crippen LogP) is 2.87. The number of rotatable bonds is 8. The van der Waals surface area contributed by atoms with Crippen LogP contribution in [-0.4, -0.2) is 85.2 Å². The third kappa shape index (κ3) is 8.95. The zero-order valence-corrected chi connectivity index (χ0v) is 19.8. The van der Waals surface area contributed by atoms with E-state index in [2.05, 4.69) is 46.2 Å². The van der Waals surface area contributed by atoms with Gasteiger partial charge in [-0.3, -0.25) is 14.5 Å². The maximum Gasteiger partial charge on any atom is 0.290 e. The van der Waals surface area contributed by atoms with E-state index in [-0.39, 0.29) is 6.47 Å². The summed E-state index contributed by atoms with van der Waals surface area (Å²) < 4.78 is 5.91. The molecule has 186 valence electrons. The SMILES string of the molecule is O=CO.OC(COc1cccc(CN2CCCCO2)c1)CN1CCCN(c2ccccc2)CC1. The largest absolute Gasteiger partial charge is 0.491 e. The first kappa shape index (κ1) is 26.0. The number of anilines is 1. The molecule has 1 atom stereocenters. The van der Waals surface area contributed by atoms with Crippen molar-refractivity contribution in [2.24, 2.45) is 0 Å². The van der Waals surface area contributed by atoms with E-state index < -0.39 is 6.10 Å². The highest BCUT2D eigenvalue weighted by Crippen LogP contribution is 2.18. The maximum absolute atomic E-state index is 10.6. The average molecular weight is 472 g/mol. The molecule has 0 bridgehead atoms. The summed E-state index contributed by atoms with van der Waals surface area (Å²) in [5.41, 5.74) is 2.45. The molecule has 2 saturated heterocycles. The van der Waals surface area contributed by atoms with Crippen LogP contribution in [0.2, 0.25) is 0 Å². The van der Waals surface area contributed by atoms with E-state index in [1.54, 1.807) is 0 Å². The van der Waals surface area contributed by atoms with Crippen molar-refractivity contribution >= 4 is 12.2 Å². The molecule has 2 aromatic rings. The Hall–Kier alpha value is -2.65. The normalized spacial score (nSPS) is 18.3. The molecule has 0 spiro atoms. The summed E-state index contributed by atoms with van der Waals surface area (Å²) in [5.74, 6) is 0.805. The molecule has 8 nitrogen and oxygen atoms in total. The number of carbonyl (C=O) groups is 1. The van der Waals surface area contributed by atoms with Crippen LogP contribution in [-0.2, 0) is 16.2 Å². The standard InChI is InChI=1S/C25H35N3O3.CH2O2/c29-24(20-26-12-7-13-27(16-15-26)23-9-2-1-3-10-23)21-30-25-11-6-8-22(18-25)19-28-14-4-5-17-31-28;2-1-3/h1-3,6,8-11,18,24,29H,4-5,7,12-17,19-21H2;1H,(H,2,3). The molecule has 2 aromatic carbocycles. The molecule has 0 radical (unpaired) electrons. The Morgan fingerprint density at radius 3 is 2.56 bits per heavy atom. The fourth-order valence-electron chi connectivity index (χ4n) is 4.30. The van der Waals surface area contributed by atoms with Crippen LogP contribution in [0.5, 0.6) is 5.75 Å². The van der Waals surface area contributed by atoms with Gasteiger partial charge in [-0.1, -0.05) is 30.3 Å². The van der Waals surface area contributed by atoms with Crippen molar-refractivity contribution in [3.63, 3.8) is 0 Å². The van der Waals surface area contributed by atoms with E-state index in [1.807, 2.05) is 23.3 Å². The van der Waals surface area contributed by atoms with Crippen LogP contribution in [0.25, 0.3) is 0 Å². The van der Waals surface area contributed by atoms with Gasteiger partial charge in [0.1, 0.15) is 18.5 Å². The fourth-order valence-corrected chi connectivity index (χ4v) is 4.30. The van der Waals surface area contributed by atoms with Crippen molar-refractivity contribution in [3.8, 4) is 5.75 Å². The predicted molar refractivity (Wildman–Crippen MR) is 132 cm³/mol. The van der Waals surface area contributed by atoms with Crippen LogP contribution in [0.4, 0.5) is 5.69 Å². The van der Waals surface area contributed by atoms with E-state index in [0.717, 1.165) is 64.5 Å². The van der Waals surface area contributed by atoms with Gasteiger partial charge in [-0.15, -0.1) is 0 Å². The van der Waals surface area contributed by atoms with E-state index in [0.29, 0.717) is 13.2 Å². The lowest BCUT2D eigenvalue weighted by Gasteiger charge is -2.26. The summed E-state index contributed by atoms with van der Waals surface area (Å²) in [7, 11) is 0. The Labute approximate surface area is 202 Å². The van der Waals surface area contributed by atoms with Crippen molar-refractivity contribution in [3.05, 3.63) is 60.2 Å². The maximum atomic E-state index is 10.6. The molecule has 0 amide bonds. The van der Waals surface area contributed by atoms with E-state index >= 15 is 0 Å². The van der Waals surface area contributed by atoms with Gasteiger partial charge in [0.05, 0.1) is 6.61 Å². The van der Waals surface area contributed by atoms with Gasteiger partial charge in [0, 0.05) is 45.0 Å². The minimum Gasteiger partial charge on any atom is -0.491 e. The molecular weight excluding hydrogens is 434 g/mol. The number of ether oxygens (including phenoxy) is 1. The molecule has 2 aliphatic rings. The number of benzene rings is 2. The molecule has 4 rings (SSSR count). The molecule has 34 heavy (non-hydrogen) atoms. The number of hydroxylamine groups is 2. The van der Waals surface area contributed by atoms with Gasteiger partial charge >= 0.3 is 0 Å². The molecule has 2 heterocycles. The number of β-amino-alcohol motifs (C(OH)–C–C–N with tert-alkyl or cyclic N) is 1. The van der Waals surface area contributed by atoms with Gasteiger partial charge < -0.3 is 19.8 Å². The van der Waals surface area contributed by atoms with Gasteiger partial charge in [-0.05, 0) is 55.6 Å². The monoisotopic (exact) mass is 471 g/mol. The van der Waals surface area contributed by atoms with Gasteiger partial charge in [0.15, 0.2) is 0 Å². The highest BCUT2D eigenvalue weighted by Gasteiger charge is 2.18. The fraction of sp³-hybridized carbons (Fsp3) is 0.500. The van der Waals surface area contributed by atoms with Crippen LogP contribution in [0.1, 0.15) is 24.8 Å². The summed E-state index contributed by atoms with van der Waals surface area (Å²) >= 11 is 0. The van der Waals surface area contributed by atoms with Gasteiger partial charge in [-0.25, -0.2) is 0 Å². The highest BCUT2D eigenvalue weighted by atomic mass is 16.7. The third-order valence-corrected chi connectivity index (χ3v) is 5.95. The van der Waals surface area contributed by atoms with E-state index in [4.69, 9.17) is 19.5 Å². The van der Waals surface area contributed by atoms with Crippen molar-refractivity contribution in [1.29, 1.82) is 0 Å². The van der Waals surface area contributed by atoms with Gasteiger partial charge in [-0.2, -0.15) is 5.06 Å². The first-order chi connectivity index (χ1) is 16.7. The average Bonchev–Trinajstić information content (AvgIpc) is 3.10. The number of nitrogens with zero attached hydrogens (tertiary/aromatic N) is 3. The third-order valence-electron chi connectivity index (χ3n) is 5.95. The lowest BCUT2D eigenvalue weighted by molar-refractivity contribution is -0.187. The number of para-hydroxylation sites is 1. The molecular formula is C26H37N3O5. The van der Waals surface area contributed by atoms with E-state index in [9.17, 15) is 5.11 Å². The van der Waals surface area contributed by atoms with Gasteiger partial charge in [0.25, 0.3) is 6.47 Å². The Kier molecular flexibility index (Phi) is 11.1. The number of hydrogen-bond donors (Lipinski definition) is 2. The summed E-state index contributed by atoms with van der Waals surface area (Å²) in [6.45, 7) is 7.25. The number of hydrogen-bond acceptors (Lipinski definition) is 7. The van der Waals surface area contributed by atoms with Crippen LogP contribution in [0.3, 0.4) is 0 Å². The molecule has 2 fully saturated rings. The van der Waals surface area contributed by atoms with Crippen molar-refractivity contribution in [2.45, 2.75) is 31.9 Å². The van der Waals surface area contributed by atoms with Crippen LogP contribution in [0, 0.1) is 0 Å². The Balaban J connectivity index is 0.00000103. The summed E-state index contributed by atoms with van der Waals surface area (Å²) in [6, 6.07) is 18.7. The minimum absolute atomic E-state index is 0.250. The zero-order valence-electron chi connectivity index (χ0n) is 19.8. The number of aliphatic hydroxyl groups is 1. The number of carboxylic acid groups (broad SMARTS) is 1. The molecule has 8 heteroatoms. The molecule has 1 unspecified atom stereocenters. The summed E-state index contributed by atoms with van der Waals surface area (Å²) in [6.07, 6.45) is 2.92. The second-order valence-corrected chi connectivity index (χ2v) is 8.60. The second-order valence-electron chi connectivity index (χ2n) is 8.60. The van der Waals surface area contributed by atoms with Crippen molar-refractivity contribution in [2.75, 3.05) is 57.4 Å². The Morgan fingerprint density at radius 2 is 1.79 bits per heavy atom. The Bertz CT molecular complexity index is 832. The number of aliphatic hydroxyl groups excluding tert-OH is 1. The zero-order chi connectivity index (χ0) is 24.0. The summed E-state index contributed by atoms with van der Waals surface area (Å²) in [4.78, 5) is 18.8. The second kappa shape index (κ2) is 14.6. The molecule has 2 N–H and O–H groups in total. The molecule has 0 saturated carbocycles. The van der Waals surface area contributed by atoms with Crippen molar-refractivity contribution < 1.29 is 24.6 Å². The molecule has 0 aliphatic carbocycles. The lowest BCUT2D eigenvalue weighted by Crippen LogP contribution is -2.38. The minimum atomic E-state index is -0.502. The van der Waals surface area contributed by atoms with Crippen LogP contribution < -0.4 is 9.64 Å². The molecule has 0 aromatic heterocycles. The van der Waals surface area contributed by atoms with Crippen molar-refractivity contribution in [1.82, 2.24) is 9.96 Å². The first-order valence-electron chi connectivity index (χ1n) is 12.1. The Morgan fingerprint density at radius 1 is 0.971 bits per heavy atom. The highest BCUT2D eigenvalue weighted by molar-refractivity contribution is 5.46. The summed E-state index contributed by atoms with van der Waals surface area (Å²) in [5, 5.41) is 19.5. The quantitative estimate of drug-likeness (QED) is 0.569. The van der Waals surface area contributed by atoms with Crippen LogP contribution >= 0.6 is 0 Å². The topological polar surface area (TPSA) is 85.7 Å². The molecule has 2 aliphatic heterocycles. The van der Waals surface area contributed by atoms with E-state index in [1.165, 1.54) is 17.7 Å². The smallest absolute Gasteiger partial charge is 0.290 e. The van der Waals surface area contributed by atoms with Gasteiger partial charge in [0.2, 0.25) is 0 Å². The first-order valence-corrected chi connectivity index (χ1v) is 12.1.